The van der Waals surface area contributed by atoms with Crippen LogP contribution < -0.4 is 10.6 Å². The molecule has 1 amide bonds. The second-order valence-corrected chi connectivity index (χ2v) is 8.45. The second kappa shape index (κ2) is 9.70. The van der Waals surface area contributed by atoms with Crippen molar-refractivity contribution in [2.75, 3.05) is 5.32 Å². The number of nitrogens with zero attached hydrogens (tertiary/aromatic N) is 2. The highest BCUT2D eigenvalue weighted by Gasteiger charge is 2.51. The molecule has 7 nitrogen and oxygen atoms in total. The van der Waals surface area contributed by atoms with Crippen molar-refractivity contribution in [3.05, 3.63) is 71.4 Å². The Morgan fingerprint density at radius 2 is 1.76 bits per heavy atom. The van der Waals surface area contributed by atoms with Crippen LogP contribution >= 0.6 is 0 Å². The van der Waals surface area contributed by atoms with E-state index in [-0.39, 0.29) is 37.0 Å². The topological polar surface area (TPSA) is 97.1 Å². The van der Waals surface area contributed by atoms with Gasteiger partial charge in [0.05, 0.1) is 5.41 Å². The molecule has 1 fully saturated rings. The van der Waals surface area contributed by atoms with Crippen LogP contribution in [0.25, 0.3) is 0 Å². The third-order valence-electron chi connectivity index (χ3n) is 5.68. The van der Waals surface area contributed by atoms with Crippen LogP contribution in [0.4, 0.5) is 20.2 Å². The molecule has 180 valence electrons. The minimum atomic E-state index is -2.96. The summed E-state index contributed by atoms with van der Waals surface area (Å²) >= 11 is 0. The summed E-state index contributed by atoms with van der Waals surface area (Å²) < 4.78 is 32.8. The number of hydrogen-bond acceptors (Lipinski definition) is 6. The molecule has 3 aromatic rings. The van der Waals surface area contributed by atoms with Crippen LogP contribution in [-0.2, 0) is 17.3 Å². The smallest absolute Gasteiger partial charge is 0.284 e. The van der Waals surface area contributed by atoms with Gasteiger partial charge in [-0.2, -0.15) is 0 Å². The summed E-state index contributed by atoms with van der Waals surface area (Å²) in [6.45, 7) is 2.75. The van der Waals surface area contributed by atoms with E-state index < -0.39 is 11.3 Å². The molecule has 1 aromatic heterocycles. The van der Waals surface area contributed by atoms with Gasteiger partial charge in [0.1, 0.15) is 0 Å². The Morgan fingerprint density at radius 1 is 1.09 bits per heavy atom. The highest BCUT2D eigenvalue weighted by molar-refractivity contribution is 5.97. The van der Waals surface area contributed by atoms with Crippen molar-refractivity contribution >= 4 is 23.1 Å². The van der Waals surface area contributed by atoms with Crippen LogP contribution in [-0.4, -0.2) is 21.9 Å². The molecule has 0 bridgehead atoms. The van der Waals surface area contributed by atoms with Crippen molar-refractivity contribution in [2.45, 2.75) is 53.0 Å². The zero-order chi connectivity index (χ0) is 23.6. The SMILES string of the molecule is C.Cc1nnc(C(=O)CC2(C(=O)NCc3ccc(Nc4ccccc4C(C)(F)F)cc3)CC2)o1. The molecule has 1 aliphatic carbocycles. The van der Waals surface area contributed by atoms with Gasteiger partial charge in [0.25, 0.3) is 11.8 Å². The molecule has 2 N–H and O–H groups in total. The number of ketones is 1. The Labute approximate surface area is 197 Å². The number of benzene rings is 2. The van der Waals surface area contributed by atoms with Crippen molar-refractivity contribution in [1.29, 1.82) is 0 Å². The van der Waals surface area contributed by atoms with Gasteiger partial charge < -0.3 is 15.1 Å². The average molecular weight is 471 g/mol. The van der Waals surface area contributed by atoms with Crippen LogP contribution in [0.3, 0.4) is 0 Å². The van der Waals surface area contributed by atoms with Crippen LogP contribution in [0.2, 0.25) is 0 Å². The fourth-order valence-corrected chi connectivity index (χ4v) is 3.63. The molecule has 0 unspecified atom stereocenters. The third kappa shape index (κ3) is 5.65. The predicted octanol–water partition coefficient (Wildman–Crippen LogP) is 5.54. The molecule has 0 spiro atoms. The first kappa shape index (κ1) is 25.0. The molecule has 0 saturated heterocycles. The van der Waals surface area contributed by atoms with E-state index >= 15 is 0 Å². The molecule has 4 rings (SSSR count). The molecule has 1 saturated carbocycles. The quantitative estimate of drug-likeness (QED) is 0.399. The Kier molecular flexibility index (Phi) is 7.14. The molecule has 1 aliphatic rings. The van der Waals surface area contributed by atoms with Crippen LogP contribution in [0.5, 0.6) is 0 Å². The summed E-state index contributed by atoms with van der Waals surface area (Å²) in [7, 11) is 0. The molecule has 0 atom stereocenters. The lowest BCUT2D eigenvalue weighted by Gasteiger charge is -2.17. The molecular weight excluding hydrogens is 442 g/mol. The molecule has 2 aromatic carbocycles. The van der Waals surface area contributed by atoms with E-state index in [1.54, 1.807) is 49.4 Å². The number of Topliss-reactive ketones (excluding diaryl/α,β-unsaturated/α-hetero) is 1. The van der Waals surface area contributed by atoms with Gasteiger partial charge in [-0.3, -0.25) is 9.59 Å². The van der Waals surface area contributed by atoms with Crippen molar-refractivity contribution in [3.8, 4) is 0 Å². The van der Waals surface area contributed by atoms with E-state index in [1.807, 2.05) is 0 Å². The van der Waals surface area contributed by atoms with E-state index in [1.165, 1.54) is 6.07 Å². The minimum absolute atomic E-state index is 0. The van der Waals surface area contributed by atoms with Gasteiger partial charge in [-0.05, 0) is 36.6 Å². The van der Waals surface area contributed by atoms with E-state index in [0.717, 1.165) is 12.5 Å². The van der Waals surface area contributed by atoms with Crippen molar-refractivity contribution < 1.29 is 22.8 Å². The Hall–Kier alpha value is -3.62. The van der Waals surface area contributed by atoms with E-state index in [9.17, 15) is 18.4 Å². The summed E-state index contributed by atoms with van der Waals surface area (Å²) in [6, 6.07) is 13.4. The monoisotopic (exact) mass is 470 g/mol. The molecule has 1 heterocycles. The number of hydrogen-bond donors (Lipinski definition) is 2. The lowest BCUT2D eigenvalue weighted by atomic mass is 9.98. The summed E-state index contributed by atoms with van der Waals surface area (Å²) in [4.78, 5) is 25.0. The number of carbonyl (C=O) groups is 2. The summed E-state index contributed by atoms with van der Waals surface area (Å²) in [5, 5.41) is 13.3. The maximum Gasteiger partial charge on any atom is 0.284 e. The van der Waals surface area contributed by atoms with Gasteiger partial charge in [-0.1, -0.05) is 37.8 Å². The lowest BCUT2D eigenvalue weighted by molar-refractivity contribution is -0.126. The molecular formula is C25H28F2N4O3. The number of aromatic nitrogens is 2. The molecule has 34 heavy (non-hydrogen) atoms. The molecule has 0 radical (unpaired) electrons. The number of anilines is 2. The van der Waals surface area contributed by atoms with E-state index in [0.29, 0.717) is 36.7 Å². The van der Waals surface area contributed by atoms with E-state index in [2.05, 4.69) is 20.8 Å². The van der Waals surface area contributed by atoms with Gasteiger partial charge >= 0.3 is 0 Å². The Morgan fingerprint density at radius 3 is 2.35 bits per heavy atom. The van der Waals surface area contributed by atoms with Crippen molar-refractivity contribution in [2.24, 2.45) is 5.41 Å². The first-order chi connectivity index (χ1) is 15.7. The second-order valence-electron chi connectivity index (χ2n) is 8.45. The Balaban J connectivity index is 0.00000324. The van der Waals surface area contributed by atoms with E-state index in [4.69, 9.17) is 4.42 Å². The fraction of sp³-hybridized carbons (Fsp3) is 0.360. The lowest BCUT2D eigenvalue weighted by Crippen LogP contribution is -2.33. The number of para-hydroxylation sites is 1. The number of nitrogens with one attached hydrogen (secondary N) is 2. The van der Waals surface area contributed by atoms with Gasteiger partial charge in [0.2, 0.25) is 17.6 Å². The normalized spacial score (nSPS) is 14.1. The number of alkyl halides is 2. The standard InChI is InChI=1S/C24H24F2N4O3.CH4/c1-15-29-30-21(33-15)20(31)13-24(11-12-24)22(32)27-14-16-7-9-17(10-8-16)28-19-6-4-3-5-18(19)23(2,25)26;/h3-10,28H,11-14H2,1-2H3,(H,27,32);1H4. The Bertz CT molecular complexity index is 1170. The largest absolute Gasteiger partial charge is 0.419 e. The summed E-state index contributed by atoms with van der Waals surface area (Å²) in [6.07, 6.45) is 1.29. The summed E-state index contributed by atoms with van der Waals surface area (Å²) in [5.74, 6) is -3.25. The van der Waals surface area contributed by atoms with Crippen LogP contribution in [0.15, 0.2) is 52.9 Å². The zero-order valence-electron chi connectivity index (χ0n) is 18.3. The van der Waals surface area contributed by atoms with Crippen LogP contribution in [0.1, 0.15) is 61.3 Å². The van der Waals surface area contributed by atoms with Gasteiger partial charge in [-0.15, -0.1) is 10.2 Å². The number of carbonyl (C=O) groups excluding carboxylic acids is 2. The number of amides is 1. The van der Waals surface area contributed by atoms with Crippen LogP contribution in [0, 0.1) is 12.3 Å². The highest BCUT2D eigenvalue weighted by Crippen LogP contribution is 2.49. The van der Waals surface area contributed by atoms with Gasteiger partial charge in [0, 0.05) is 43.8 Å². The van der Waals surface area contributed by atoms with Crippen molar-refractivity contribution in [3.63, 3.8) is 0 Å². The van der Waals surface area contributed by atoms with Gasteiger partial charge in [-0.25, -0.2) is 8.78 Å². The first-order valence-electron chi connectivity index (χ1n) is 10.6. The maximum absolute atomic E-state index is 13.8. The number of halogens is 2. The van der Waals surface area contributed by atoms with Gasteiger partial charge in [0.15, 0.2) is 0 Å². The van der Waals surface area contributed by atoms with Crippen molar-refractivity contribution in [1.82, 2.24) is 15.5 Å². The average Bonchev–Trinajstić information content (AvgIpc) is 3.43. The zero-order valence-corrected chi connectivity index (χ0v) is 18.3. The first-order valence-corrected chi connectivity index (χ1v) is 10.6. The third-order valence-corrected chi connectivity index (χ3v) is 5.68. The highest BCUT2D eigenvalue weighted by atomic mass is 19.3. The number of rotatable bonds is 9. The fourth-order valence-electron chi connectivity index (χ4n) is 3.63. The minimum Gasteiger partial charge on any atom is -0.419 e. The summed E-state index contributed by atoms with van der Waals surface area (Å²) in [5.41, 5.74) is 1.03. The number of aryl methyl sites for hydroxylation is 1. The molecule has 9 heteroatoms. The maximum atomic E-state index is 13.8. The molecule has 0 aliphatic heterocycles. The predicted molar refractivity (Wildman–Crippen MR) is 124 cm³/mol.